The summed E-state index contributed by atoms with van der Waals surface area (Å²) in [5.74, 6) is 1.16. The number of nitrogens with one attached hydrogen (secondary N) is 1. The molecule has 5 nitrogen and oxygen atoms in total. The highest BCUT2D eigenvalue weighted by atomic mass is 16.4. The highest BCUT2D eigenvalue weighted by Gasteiger charge is 2.33. The Hall–Kier alpha value is -1.70. The van der Waals surface area contributed by atoms with E-state index in [1.807, 2.05) is 6.92 Å². The van der Waals surface area contributed by atoms with Gasteiger partial charge in [0.05, 0.1) is 0 Å². The van der Waals surface area contributed by atoms with Gasteiger partial charge in [-0.05, 0) is 19.3 Å². The zero-order chi connectivity index (χ0) is 12.8. The van der Waals surface area contributed by atoms with Crippen LogP contribution in [0.1, 0.15) is 32.6 Å². The number of carbonyl (C=O) groups excluding carboxylic acids is 1. The molecule has 1 saturated carbocycles. The average Bonchev–Trinajstić information content (AvgIpc) is 3.08. The summed E-state index contributed by atoms with van der Waals surface area (Å²) in [6, 6.07) is -1.04. The first-order valence-electron chi connectivity index (χ1n) is 5.83. The number of hydrogen-bond donors (Lipinski definition) is 2. The molecule has 0 aliphatic heterocycles. The number of aliphatic carboxylic acids is 1. The van der Waals surface area contributed by atoms with E-state index < -0.39 is 12.0 Å². The van der Waals surface area contributed by atoms with Crippen LogP contribution in [0, 0.1) is 12.3 Å². The van der Waals surface area contributed by atoms with Crippen LogP contribution in [0.3, 0.4) is 0 Å². The van der Waals surface area contributed by atoms with Crippen molar-refractivity contribution < 1.29 is 14.7 Å². The van der Waals surface area contributed by atoms with Crippen molar-refractivity contribution in [1.82, 2.24) is 10.2 Å². The molecular formula is C12H18N2O3. The number of carbonyl (C=O) groups is 2. The zero-order valence-corrected chi connectivity index (χ0v) is 9.98. The third-order valence-electron chi connectivity index (χ3n) is 2.63. The van der Waals surface area contributed by atoms with Crippen molar-refractivity contribution in [2.45, 2.75) is 44.7 Å². The standard InChI is InChI=1S/C12H18N2O3/c1-3-5-10(11(15)16)13-12(17)14(8-4-2)9-6-7-9/h1,9-10H,4-8H2,2H3,(H,13,17)(H,15,16). The van der Waals surface area contributed by atoms with Gasteiger partial charge in [-0.25, -0.2) is 9.59 Å². The summed E-state index contributed by atoms with van der Waals surface area (Å²) in [6.45, 7) is 2.64. The van der Waals surface area contributed by atoms with Gasteiger partial charge < -0.3 is 15.3 Å². The van der Waals surface area contributed by atoms with Gasteiger partial charge in [0, 0.05) is 19.0 Å². The summed E-state index contributed by atoms with van der Waals surface area (Å²) in [5, 5.41) is 11.4. The topological polar surface area (TPSA) is 69.6 Å². The van der Waals surface area contributed by atoms with Crippen LogP contribution in [0.25, 0.3) is 0 Å². The number of urea groups is 1. The number of amides is 2. The fourth-order valence-corrected chi connectivity index (χ4v) is 1.63. The van der Waals surface area contributed by atoms with Gasteiger partial charge in [0.15, 0.2) is 0 Å². The van der Waals surface area contributed by atoms with Gasteiger partial charge in [0.2, 0.25) is 0 Å². The van der Waals surface area contributed by atoms with Gasteiger partial charge >= 0.3 is 12.0 Å². The average molecular weight is 238 g/mol. The van der Waals surface area contributed by atoms with E-state index in [-0.39, 0.29) is 18.5 Å². The Labute approximate surface area is 101 Å². The van der Waals surface area contributed by atoms with E-state index in [1.54, 1.807) is 4.90 Å². The van der Waals surface area contributed by atoms with E-state index in [0.717, 1.165) is 19.3 Å². The van der Waals surface area contributed by atoms with Crippen LogP contribution in [0.4, 0.5) is 4.79 Å². The minimum absolute atomic E-state index is 0.00566. The largest absolute Gasteiger partial charge is 0.480 e. The van der Waals surface area contributed by atoms with Crippen LogP contribution in [-0.2, 0) is 4.79 Å². The Morgan fingerprint density at radius 1 is 1.59 bits per heavy atom. The molecular weight excluding hydrogens is 220 g/mol. The van der Waals surface area contributed by atoms with Crippen molar-refractivity contribution in [3.63, 3.8) is 0 Å². The van der Waals surface area contributed by atoms with Gasteiger partial charge in [-0.1, -0.05) is 6.92 Å². The molecule has 1 fully saturated rings. The Morgan fingerprint density at radius 3 is 2.65 bits per heavy atom. The van der Waals surface area contributed by atoms with Gasteiger partial charge in [0.1, 0.15) is 6.04 Å². The molecule has 0 bridgehead atoms. The molecule has 0 aromatic carbocycles. The Bertz CT molecular complexity index is 331. The first kappa shape index (κ1) is 13.4. The molecule has 0 aromatic heterocycles. The van der Waals surface area contributed by atoms with Gasteiger partial charge in [-0.2, -0.15) is 0 Å². The van der Waals surface area contributed by atoms with Crippen LogP contribution in [0.5, 0.6) is 0 Å². The molecule has 0 radical (unpaired) electrons. The van der Waals surface area contributed by atoms with Crippen molar-refractivity contribution in [3.05, 3.63) is 0 Å². The Kier molecular flexibility index (Phi) is 4.83. The number of carboxylic acids is 1. The SMILES string of the molecule is C#CCC(NC(=O)N(CCC)C1CC1)C(=O)O. The lowest BCUT2D eigenvalue weighted by Crippen LogP contribution is -2.48. The summed E-state index contributed by atoms with van der Waals surface area (Å²) < 4.78 is 0. The number of rotatable bonds is 6. The quantitative estimate of drug-likeness (QED) is 0.679. The van der Waals surface area contributed by atoms with E-state index in [2.05, 4.69) is 11.2 Å². The molecule has 1 atom stereocenters. The van der Waals surface area contributed by atoms with Crippen LogP contribution >= 0.6 is 0 Å². The molecule has 2 amide bonds. The van der Waals surface area contributed by atoms with E-state index in [9.17, 15) is 9.59 Å². The third kappa shape index (κ3) is 3.99. The van der Waals surface area contributed by atoms with Gasteiger partial charge in [0.25, 0.3) is 0 Å². The van der Waals surface area contributed by atoms with Crippen molar-refractivity contribution in [3.8, 4) is 12.3 Å². The van der Waals surface area contributed by atoms with Crippen molar-refractivity contribution >= 4 is 12.0 Å². The number of nitrogens with zero attached hydrogens (tertiary/aromatic N) is 1. The maximum atomic E-state index is 11.9. The molecule has 94 valence electrons. The first-order chi connectivity index (χ1) is 8.10. The Morgan fingerprint density at radius 2 is 2.24 bits per heavy atom. The van der Waals surface area contributed by atoms with Crippen molar-refractivity contribution in [1.29, 1.82) is 0 Å². The minimum Gasteiger partial charge on any atom is -0.480 e. The molecule has 1 aliphatic rings. The molecule has 17 heavy (non-hydrogen) atoms. The highest BCUT2D eigenvalue weighted by molar-refractivity contribution is 5.83. The normalized spacial score (nSPS) is 15.8. The smallest absolute Gasteiger partial charge is 0.327 e. The first-order valence-corrected chi connectivity index (χ1v) is 5.83. The van der Waals surface area contributed by atoms with Crippen molar-refractivity contribution in [2.75, 3.05) is 6.54 Å². The lowest BCUT2D eigenvalue weighted by Gasteiger charge is -2.24. The predicted molar refractivity (Wildman–Crippen MR) is 63.4 cm³/mol. The fourth-order valence-electron chi connectivity index (χ4n) is 1.63. The molecule has 0 saturated heterocycles. The lowest BCUT2D eigenvalue weighted by molar-refractivity contribution is -0.139. The van der Waals surface area contributed by atoms with E-state index >= 15 is 0 Å². The zero-order valence-electron chi connectivity index (χ0n) is 9.98. The van der Waals surface area contributed by atoms with Crippen LogP contribution < -0.4 is 5.32 Å². The summed E-state index contributed by atoms with van der Waals surface area (Å²) in [7, 11) is 0. The van der Waals surface area contributed by atoms with E-state index in [1.165, 1.54) is 0 Å². The highest BCUT2D eigenvalue weighted by Crippen LogP contribution is 2.26. The van der Waals surface area contributed by atoms with E-state index in [0.29, 0.717) is 6.54 Å². The molecule has 2 N–H and O–H groups in total. The van der Waals surface area contributed by atoms with Gasteiger partial charge in [-0.3, -0.25) is 0 Å². The second-order valence-electron chi connectivity index (χ2n) is 4.17. The molecule has 1 aliphatic carbocycles. The summed E-state index contributed by atoms with van der Waals surface area (Å²) >= 11 is 0. The molecule has 0 spiro atoms. The summed E-state index contributed by atoms with van der Waals surface area (Å²) in [4.78, 5) is 24.5. The second kappa shape index (κ2) is 6.14. The molecule has 0 heterocycles. The molecule has 5 heteroatoms. The van der Waals surface area contributed by atoms with Crippen LogP contribution in [0.2, 0.25) is 0 Å². The Balaban J connectivity index is 2.55. The van der Waals surface area contributed by atoms with Gasteiger partial charge in [-0.15, -0.1) is 12.3 Å². The minimum atomic E-state index is -1.09. The fraction of sp³-hybridized carbons (Fsp3) is 0.667. The van der Waals surface area contributed by atoms with Crippen LogP contribution in [-0.4, -0.2) is 40.6 Å². The summed E-state index contributed by atoms with van der Waals surface area (Å²) in [5.41, 5.74) is 0. The van der Waals surface area contributed by atoms with E-state index in [4.69, 9.17) is 11.5 Å². The number of carboxylic acid groups (broad SMARTS) is 1. The molecule has 1 unspecified atom stereocenters. The van der Waals surface area contributed by atoms with Crippen LogP contribution in [0.15, 0.2) is 0 Å². The second-order valence-corrected chi connectivity index (χ2v) is 4.17. The number of terminal acetylenes is 1. The maximum absolute atomic E-state index is 11.9. The maximum Gasteiger partial charge on any atom is 0.327 e. The number of hydrogen-bond acceptors (Lipinski definition) is 2. The monoisotopic (exact) mass is 238 g/mol. The third-order valence-corrected chi connectivity index (χ3v) is 2.63. The molecule has 0 aromatic rings. The van der Waals surface area contributed by atoms with Crippen molar-refractivity contribution in [2.24, 2.45) is 0 Å². The lowest BCUT2D eigenvalue weighted by atomic mass is 10.2. The summed E-state index contributed by atoms with van der Waals surface area (Å²) in [6.07, 6.45) is 7.94. The molecule has 1 rings (SSSR count). The predicted octanol–water partition coefficient (Wildman–Crippen LogP) is 1.05.